The molecule has 2 unspecified atom stereocenters. The van der Waals surface area contributed by atoms with Crippen molar-refractivity contribution in [3.63, 3.8) is 0 Å². The molecular formula is C49H90NO8P. The number of carbonyl (C=O) groups is 2. The number of carbonyl (C=O) groups excluding carboxylic acids is 2. The number of nitrogens with zero attached hydrogens (tertiary/aromatic N) is 1. The van der Waals surface area contributed by atoms with Crippen molar-refractivity contribution in [3.05, 3.63) is 48.6 Å². The SMILES string of the molecule is CC/C=C\C/C=C\C/C=C\C/C=C\CCCCCCCCC(=O)OC(COC(=O)CCCCCCCCCCCCCCCCCC)COP(=O)([O-])OCC[N+](C)(C)C. The van der Waals surface area contributed by atoms with Crippen LogP contribution < -0.4 is 4.89 Å². The van der Waals surface area contributed by atoms with E-state index in [0.29, 0.717) is 17.4 Å². The zero-order valence-corrected chi connectivity index (χ0v) is 39.6. The van der Waals surface area contributed by atoms with Gasteiger partial charge in [0.15, 0.2) is 6.10 Å². The van der Waals surface area contributed by atoms with Crippen LogP contribution in [0.1, 0.15) is 200 Å². The highest BCUT2D eigenvalue weighted by molar-refractivity contribution is 7.45. The molecule has 59 heavy (non-hydrogen) atoms. The van der Waals surface area contributed by atoms with Gasteiger partial charge in [-0.2, -0.15) is 0 Å². The molecule has 0 bridgehead atoms. The van der Waals surface area contributed by atoms with Crippen molar-refractivity contribution >= 4 is 19.8 Å². The largest absolute Gasteiger partial charge is 0.756 e. The molecule has 0 saturated heterocycles. The van der Waals surface area contributed by atoms with E-state index in [9.17, 15) is 19.0 Å². The average Bonchev–Trinajstić information content (AvgIpc) is 3.19. The third-order valence-corrected chi connectivity index (χ3v) is 11.1. The van der Waals surface area contributed by atoms with Crippen molar-refractivity contribution in [2.45, 2.75) is 206 Å². The monoisotopic (exact) mass is 852 g/mol. The second-order valence-corrected chi connectivity index (χ2v) is 18.5. The first-order valence-corrected chi connectivity index (χ1v) is 25.3. The summed E-state index contributed by atoms with van der Waals surface area (Å²) >= 11 is 0. The molecule has 0 fully saturated rings. The van der Waals surface area contributed by atoms with Gasteiger partial charge in [0, 0.05) is 12.8 Å². The number of unbranched alkanes of at least 4 members (excludes halogenated alkanes) is 21. The molecule has 344 valence electrons. The van der Waals surface area contributed by atoms with Gasteiger partial charge >= 0.3 is 11.9 Å². The molecule has 9 nitrogen and oxygen atoms in total. The fourth-order valence-electron chi connectivity index (χ4n) is 6.41. The molecule has 0 N–H and O–H groups in total. The van der Waals surface area contributed by atoms with E-state index in [1.807, 2.05) is 21.1 Å². The van der Waals surface area contributed by atoms with Gasteiger partial charge in [-0.15, -0.1) is 0 Å². The number of phosphoric ester groups is 1. The molecule has 2 atom stereocenters. The van der Waals surface area contributed by atoms with Gasteiger partial charge in [0.2, 0.25) is 0 Å². The van der Waals surface area contributed by atoms with Gasteiger partial charge in [0.1, 0.15) is 19.8 Å². The van der Waals surface area contributed by atoms with Crippen LogP contribution >= 0.6 is 7.82 Å². The Labute approximate surface area is 363 Å². The Hall–Kier alpha value is -2.03. The smallest absolute Gasteiger partial charge is 0.306 e. The molecule has 0 aromatic carbocycles. The van der Waals surface area contributed by atoms with Crippen molar-refractivity contribution in [3.8, 4) is 0 Å². The zero-order chi connectivity index (χ0) is 43.6. The van der Waals surface area contributed by atoms with Gasteiger partial charge in [0.05, 0.1) is 27.7 Å². The number of likely N-dealkylation sites (N-methyl/N-ethyl adjacent to an activating group) is 1. The molecule has 0 saturated carbocycles. The maximum absolute atomic E-state index is 12.7. The Balaban J connectivity index is 4.33. The number of rotatable bonds is 43. The van der Waals surface area contributed by atoms with E-state index < -0.39 is 26.5 Å². The minimum absolute atomic E-state index is 0.0343. The highest BCUT2D eigenvalue weighted by Gasteiger charge is 2.21. The van der Waals surface area contributed by atoms with Crippen molar-refractivity contribution in [2.24, 2.45) is 0 Å². The van der Waals surface area contributed by atoms with E-state index in [0.717, 1.165) is 83.5 Å². The molecule has 0 spiro atoms. The second kappa shape index (κ2) is 41.3. The molecule has 0 radical (unpaired) electrons. The van der Waals surface area contributed by atoms with Crippen molar-refractivity contribution in [1.82, 2.24) is 0 Å². The van der Waals surface area contributed by atoms with E-state index in [1.54, 1.807) is 0 Å². The summed E-state index contributed by atoms with van der Waals surface area (Å²) in [6.07, 6.45) is 48.4. The molecule has 0 heterocycles. The Morgan fingerprint density at radius 3 is 1.44 bits per heavy atom. The van der Waals surface area contributed by atoms with Gasteiger partial charge < -0.3 is 27.9 Å². The highest BCUT2D eigenvalue weighted by Crippen LogP contribution is 2.38. The molecule has 0 aromatic heterocycles. The summed E-state index contributed by atoms with van der Waals surface area (Å²) in [5.41, 5.74) is 0. The molecule has 0 aliphatic rings. The Morgan fingerprint density at radius 1 is 0.542 bits per heavy atom. The minimum atomic E-state index is -4.63. The average molecular weight is 852 g/mol. The minimum Gasteiger partial charge on any atom is -0.756 e. The normalized spacial score (nSPS) is 13.9. The lowest BCUT2D eigenvalue weighted by Gasteiger charge is -2.28. The molecule has 0 aromatic rings. The number of quaternary nitrogens is 1. The van der Waals surface area contributed by atoms with Gasteiger partial charge in [0.25, 0.3) is 7.82 Å². The van der Waals surface area contributed by atoms with Crippen LogP contribution in [-0.4, -0.2) is 70.0 Å². The summed E-state index contributed by atoms with van der Waals surface area (Å²) in [4.78, 5) is 37.6. The fourth-order valence-corrected chi connectivity index (χ4v) is 7.14. The number of phosphoric acid groups is 1. The predicted molar refractivity (Wildman–Crippen MR) is 245 cm³/mol. The van der Waals surface area contributed by atoms with Crippen molar-refractivity contribution < 1.29 is 42.1 Å². The van der Waals surface area contributed by atoms with Gasteiger partial charge in [-0.25, -0.2) is 0 Å². The molecule has 0 rings (SSSR count). The summed E-state index contributed by atoms with van der Waals surface area (Å²) in [5.74, 6) is -0.846. The van der Waals surface area contributed by atoms with E-state index >= 15 is 0 Å². The summed E-state index contributed by atoms with van der Waals surface area (Å²) in [6, 6.07) is 0. The van der Waals surface area contributed by atoms with Crippen molar-refractivity contribution in [1.29, 1.82) is 0 Å². The zero-order valence-electron chi connectivity index (χ0n) is 38.7. The first kappa shape index (κ1) is 57.0. The highest BCUT2D eigenvalue weighted by atomic mass is 31.2. The van der Waals surface area contributed by atoms with Crippen LogP contribution in [0.2, 0.25) is 0 Å². The summed E-state index contributed by atoms with van der Waals surface area (Å²) < 4.78 is 34.0. The van der Waals surface area contributed by atoms with Crippen LogP contribution in [0.5, 0.6) is 0 Å². The third-order valence-electron chi connectivity index (χ3n) is 10.1. The lowest BCUT2D eigenvalue weighted by atomic mass is 10.0. The standard InChI is InChI=1S/C49H90NO8P/c1-6-8-10-12-14-16-18-20-22-24-25-26-28-30-32-34-36-38-40-42-49(52)58-47(46-57-59(53,54)56-44-43-50(3,4)5)45-55-48(51)41-39-37-35-33-31-29-27-23-21-19-17-15-13-11-9-7-2/h8,10,14,16,20,22,25-26,47H,6-7,9,11-13,15,17-19,21,23-24,27-46H2,1-5H3/b10-8-,16-14-,22-20-,26-25-. The number of hydrogen-bond acceptors (Lipinski definition) is 8. The Kier molecular flexibility index (Phi) is 39.9. The van der Waals surface area contributed by atoms with Crippen LogP contribution in [0.4, 0.5) is 0 Å². The number of esters is 2. The quantitative estimate of drug-likeness (QED) is 0.0196. The van der Waals surface area contributed by atoms with E-state index in [2.05, 4.69) is 62.5 Å². The lowest BCUT2D eigenvalue weighted by molar-refractivity contribution is -0.870. The van der Waals surface area contributed by atoms with Crippen LogP contribution in [0.3, 0.4) is 0 Å². The molecule has 0 amide bonds. The summed E-state index contributed by atoms with van der Waals surface area (Å²) in [7, 11) is 1.15. The first-order valence-electron chi connectivity index (χ1n) is 23.8. The van der Waals surface area contributed by atoms with Crippen LogP contribution in [0.25, 0.3) is 0 Å². The molecule has 0 aliphatic carbocycles. The molecule has 0 aliphatic heterocycles. The van der Waals surface area contributed by atoms with E-state index in [-0.39, 0.29) is 32.0 Å². The van der Waals surface area contributed by atoms with E-state index in [1.165, 1.54) is 83.5 Å². The topological polar surface area (TPSA) is 111 Å². The first-order chi connectivity index (χ1) is 28.5. The lowest BCUT2D eigenvalue weighted by Crippen LogP contribution is -2.37. The summed E-state index contributed by atoms with van der Waals surface area (Å²) in [5, 5.41) is 0. The Bertz CT molecular complexity index is 1150. The maximum atomic E-state index is 12.7. The van der Waals surface area contributed by atoms with Gasteiger partial charge in [-0.05, 0) is 51.4 Å². The number of ether oxygens (including phenoxy) is 2. The fraction of sp³-hybridized carbons (Fsp3) is 0.796. The van der Waals surface area contributed by atoms with E-state index in [4.69, 9.17) is 18.5 Å². The third kappa shape index (κ3) is 45.3. The second-order valence-electron chi connectivity index (χ2n) is 17.1. The molecule has 10 heteroatoms. The van der Waals surface area contributed by atoms with Crippen LogP contribution in [0, 0.1) is 0 Å². The maximum Gasteiger partial charge on any atom is 0.306 e. The van der Waals surface area contributed by atoms with Crippen LogP contribution in [0.15, 0.2) is 48.6 Å². The Morgan fingerprint density at radius 2 is 0.966 bits per heavy atom. The molecular weight excluding hydrogens is 762 g/mol. The van der Waals surface area contributed by atoms with Crippen LogP contribution in [-0.2, 0) is 32.7 Å². The number of hydrogen-bond donors (Lipinski definition) is 0. The summed E-state index contributed by atoms with van der Waals surface area (Å²) in [6.45, 7) is 4.11. The van der Waals surface area contributed by atoms with Gasteiger partial charge in [-0.1, -0.05) is 184 Å². The van der Waals surface area contributed by atoms with Gasteiger partial charge in [-0.3, -0.25) is 14.2 Å². The predicted octanol–water partition coefficient (Wildman–Crippen LogP) is 13.2. The number of allylic oxidation sites excluding steroid dienone is 8. The van der Waals surface area contributed by atoms with Crippen molar-refractivity contribution in [2.75, 3.05) is 47.5 Å².